The molecule has 0 aliphatic heterocycles. The summed E-state index contributed by atoms with van der Waals surface area (Å²) in [7, 11) is 0. The summed E-state index contributed by atoms with van der Waals surface area (Å²) in [5, 5.41) is 19.8. The molecule has 0 spiro atoms. The summed E-state index contributed by atoms with van der Waals surface area (Å²) in [5.41, 5.74) is 3.14. The lowest BCUT2D eigenvalue weighted by Gasteiger charge is -2.21. The smallest absolute Gasteiger partial charge is 0.0710 e. The fourth-order valence-corrected chi connectivity index (χ4v) is 2.26. The van der Waals surface area contributed by atoms with Crippen molar-refractivity contribution in [1.82, 2.24) is 20.5 Å². The molecule has 1 atom stereocenters. The second-order valence-electron chi connectivity index (χ2n) is 5.26. The van der Waals surface area contributed by atoms with E-state index < -0.39 is 0 Å². The number of aromatic nitrogens is 3. The molecule has 0 aromatic carbocycles. The van der Waals surface area contributed by atoms with Crippen molar-refractivity contribution in [1.29, 1.82) is 0 Å². The van der Waals surface area contributed by atoms with Crippen LogP contribution in [0, 0.1) is 5.92 Å². The summed E-state index contributed by atoms with van der Waals surface area (Å²) in [4.78, 5) is 4.13. The third-order valence-corrected chi connectivity index (χ3v) is 3.47. The summed E-state index contributed by atoms with van der Waals surface area (Å²) < 4.78 is 0. The molecular weight excluding hydrogens is 252 g/mol. The average Bonchev–Trinajstić information content (AvgIpc) is 2.92. The Balaban J connectivity index is 2.06. The number of aromatic amines is 1. The molecule has 5 nitrogen and oxygen atoms in total. The van der Waals surface area contributed by atoms with Gasteiger partial charge < -0.3 is 10.4 Å². The predicted molar refractivity (Wildman–Crippen MR) is 79.0 cm³/mol. The van der Waals surface area contributed by atoms with Crippen LogP contribution in [-0.4, -0.2) is 32.9 Å². The number of nitrogens with zero attached hydrogens (tertiary/aromatic N) is 2. The molecule has 108 valence electrons. The molecule has 0 saturated carbocycles. The lowest BCUT2D eigenvalue weighted by Crippen LogP contribution is -2.34. The molecule has 0 aliphatic rings. The lowest BCUT2D eigenvalue weighted by molar-refractivity contribution is 0.244. The molecule has 3 N–H and O–H groups in total. The minimum Gasteiger partial charge on any atom is -0.396 e. The van der Waals surface area contributed by atoms with Crippen molar-refractivity contribution in [3.8, 4) is 11.3 Å². The fraction of sp³-hybridized carbons (Fsp3) is 0.467. The van der Waals surface area contributed by atoms with Gasteiger partial charge in [0.05, 0.1) is 11.9 Å². The van der Waals surface area contributed by atoms with E-state index in [0.717, 1.165) is 29.8 Å². The fourth-order valence-electron chi connectivity index (χ4n) is 2.26. The second-order valence-corrected chi connectivity index (χ2v) is 5.26. The van der Waals surface area contributed by atoms with Gasteiger partial charge in [-0.25, -0.2) is 0 Å². The molecule has 0 bridgehead atoms. The van der Waals surface area contributed by atoms with Crippen LogP contribution in [0.2, 0.25) is 0 Å². The van der Waals surface area contributed by atoms with Gasteiger partial charge in [-0.1, -0.05) is 13.8 Å². The van der Waals surface area contributed by atoms with Crippen molar-refractivity contribution in [2.45, 2.75) is 32.9 Å². The van der Waals surface area contributed by atoms with Crippen molar-refractivity contribution < 1.29 is 5.11 Å². The van der Waals surface area contributed by atoms with E-state index in [2.05, 4.69) is 34.3 Å². The van der Waals surface area contributed by atoms with Crippen LogP contribution in [0.3, 0.4) is 0 Å². The highest BCUT2D eigenvalue weighted by atomic mass is 16.3. The number of nitrogens with one attached hydrogen (secondary N) is 2. The SMILES string of the molecule is CC(C)C(CCO)NCc1cn[nH]c1-c1cccnc1. The van der Waals surface area contributed by atoms with Crippen LogP contribution >= 0.6 is 0 Å². The topological polar surface area (TPSA) is 73.8 Å². The van der Waals surface area contributed by atoms with Crippen molar-refractivity contribution in [3.05, 3.63) is 36.3 Å². The predicted octanol–water partition coefficient (Wildman–Crippen LogP) is 1.97. The first kappa shape index (κ1) is 14.7. The lowest BCUT2D eigenvalue weighted by atomic mass is 10.0. The first-order valence-electron chi connectivity index (χ1n) is 6.99. The zero-order valence-electron chi connectivity index (χ0n) is 12.0. The number of rotatable bonds is 7. The van der Waals surface area contributed by atoms with Crippen LogP contribution < -0.4 is 5.32 Å². The van der Waals surface area contributed by atoms with Gasteiger partial charge in [-0.05, 0) is 24.5 Å². The normalized spacial score (nSPS) is 12.8. The summed E-state index contributed by atoms with van der Waals surface area (Å²) in [6.45, 7) is 5.25. The maximum absolute atomic E-state index is 9.11. The number of aliphatic hydroxyl groups is 1. The van der Waals surface area contributed by atoms with E-state index in [0.29, 0.717) is 12.0 Å². The van der Waals surface area contributed by atoms with Crippen LogP contribution in [0.15, 0.2) is 30.7 Å². The van der Waals surface area contributed by atoms with Crippen LogP contribution in [0.4, 0.5) is 0 Å². The van der Waals surface area contributed by atoms with Gasteiger partial charge in [0.15, 0.2) is 0 Å². The largest absolute Gasteiger partial charge is 0.396 e. The van der Waals surface area contributed by atoms with E-state index in [9.17, 15) is 0 Å². The van der Waals surface area contributed by atoms with Crippen molar-refractivity contribution in [2.75, 3.05) is 6.61 Å². The molecular formula is C15H22N4O. The molecule has 2 rings (SSSR count). The summed E-state index contributed by atoms with van der Waals surface area (Å²) in [6.07, 6.45) is 6.18. The number of hydrogen-bond acceptors (Lipinski definition) is 4. The maximum atomic E-state index is 9.11. The van der Waals surface area contributed by atoms with E-state index >= 15 is 0 Å². The van der Waals surface area contributed by atoms with Gasteiger partial charge in [-0.2, -0.15) is 5.10 Å². The zero-order valence-corrected chi connectivity index (χ0v) is 12.0. The van der Waals surface area contributed by atoms with Crippen LogP contribution in [-0.2, 0) is 6.54 Å². The number of H-pyrrole nitrogens is 1. The molecule has 1 unspecified atom stereocenters. The van der Waals surface area contributed by atoms with Gasteiger partial charge in [-0.3, -0.25) is 10.1 Å². The highest BCUT2D eigenvalue weighted by Gasteiger charge is 2.14. The Hall–Kier alpha value is -1.72. The first-order valence-corrected chi connectivity index (χ1v) is 6.99. The third kappa shape index (κ3) is 3.65. The molecule has 0 fully saturated rings. The Morgan fingerprint density at radius 3 is 2.85 bits per heavy atom. The molecule has 0 amide bonds. The minimum absolute atomic E-state index is 0.205. The van der Waals surface area contributed by atoms with E-state index in [1.54, 1.807) is 6.20 Å². The van der Waals surface area contributed by atoms with Gasteiger partial charge in [0.25, 0.3) is 0 Å². The second kappa shape index (κ2) is 7.17. The van der Waals surface area contributed by atoms with Gasteiger partial charge in [0.2, 0.25) is 0 Å². The van der Waals surface area contributed by atoms with E-state index in [1.165, 1.54) is 0 Å². The van der Waals surface area contributed by atoms with Gasteiger partial charge in [0.1, 0.15) is 0 Å². The number of aliphatic hydroxyl groups excluding tert-OH is 1. The van der Waals surface area contributed by atoms with Crippen molar-refractivity contribution >= 4 is 0 Å². The monoisotopic (exact) mass is 274 g/mol. The molecule has 0 saturated heterocycles. The van der Waals surface area contributed by atoms with Gasteiger partial charge >= 0.3 is 0 Å². The standard InChI is InChI=1S/C15H22N4O/c1-11(2)14(5-7-20)17-9-13-10-18-19-15(13)12-4-3-6-16-8-12/h3-4,6,8,10-11,14,17,20H,5,7,9H2,1-2H3,(H,18,19). The van der Waals surface area contributed by atoms with Crippen LogP contribution in [0.1, 0.15) is 25.8 Å². The molecule has 2 heterocycles. The highest BCUT2D eigenvalue weighted by Crippen LogP contribution is 2.20. The zero-order chi connectivity index (χ0) is 14.4. The molecule has 0 radical (unpaired) electrons. The summed E-state index contributed by atoms with van der Waals surface area (Å²) in [6, 6.07) is 4.23. The minimum atomic E-state index is 0.205. The summed E-state index contributed by atoms with van der Waals surface area (Å²) in [5.74, 6) is 0.482. The molecule has 20 heavy (non-hydrogen) atoms. The molecule has 0 aliphatic carbocycles. The Labute approximate surface area is 119 Å². The molecule has 2 aromatic rings. The van der Waals surface area contributed by atoms with Gasteiger partial charge in [-0.15, -0.1) is 0 Å². The molecule has 2 aromatic heterocycles. The van der Waals surface area contributed by atoms with E-state index in [4.69, 9.17) is 5.11 Å². The highest BCUT2D eigenvalue weighted by molar-refractivity contribution is 5.61. The average molecular weight is 274 g/mol. The first-order chi connectivity index (χ1) is 9.72. The van der Waals surface area contributed by atoms with E-state index in [1.807, 2.05) is 24.5 Å². The number of hydrogen-bond donors (Lipinski definition) is 3. The Bertz CT molecular complexity index is 510. The summed E-state index contributed by atoms with van der Waals surface area (Å²) >= 11 is 0. The van der Waals surface area contributed by atoms with Crippen molar-refractivity contribution in [3.63, 3.8) is 0 Å². The maximum Gasteiger partial charge on any atom is 0.0710 e. The Morgan fingerprint density at radius 1 is 1.35 bits per heavy atom. The van der Waals surface area contributed by atoms with Gasteiger partial charge in [0, 0.05) is 42.7 Å². The van der Waals surface area contributed by atoms with E-state index in [-0.39, 0.29) is 6.61 Å². The van der Waals surface area contributed by atoms with Crippen LogP contribution in [0.25, 0.3) is 11.3 Å². The third-order valence-electron chi connectivity index (χ3n) is 3.47. The Morgan fingerprint density at radius 2 is 2.20 bits per heavy atom. The molecule has 5 heteroatoms. The quantitative estimate of drug-likeness (QED) is 0.721. The van der Waals surface area contributed by atoms with Crippen molar-refractivity contribution in [2.24, 2.45) is 5.92 Å². The number of pyridine rings is 1. The Kier molecular flexibility index (Phi) is 5.26. The van der Waals surface area contributed by atoms with Crippen LogP contribution in [0.5, 0.6) is 0 Å².